The molecule has 6 heteroatoms. The molecule has 1 aromatic heterocycles. The fraction of sp³-hybridized carbons (Fsp3) is 0.583. The Morgan fingerprint density at radius 1 is 1.39 bits per heavy atom. The zero-order chi connectivity index (χ0) is 13.8. The van der Waals surface area contributed by atoms with Crippen LogP contribution in [0.3, 0.4) is 0 Å². The zero-order valence-corrected chi connectivity index (χ0v) is 11.0. The van der Waals surface area contributed by atoms with Crippen LogP contribution in [0.25, 0.3) is 0 Å². The SMILES string of the molecule is CC(C)CC(CCl)Nc1ncccc1C(F)(F)F. The first-order valence-electron chi connectivity index (χ1n) is 5.69. The van der Waals surface area contributed by atoms with Crippen molar-refractivity contribution in [2.24, 2.45) is 5.92 Å². The quantitative estimate of drug-likeness (QED) is 0.819. The van der Waals surface area contributed by atoms with E-state index in [1.807, 2.05) is 13.8 Å². The Balaban J connectivity index is 2.89. The Morgan fingerprint density at radius 3 is 2.56 bits per heavy atom. The van der Waals surface area contributed by atoms with Crippen molar-refractivity contribution in [1.82, 2.24) is 4.98 Å². The highest BCUT2D eigenvalue weighted by molar-refractivity contribution is 6.18. The van der Waals surface area contributed by atoms with Gasteiger partial charge in [0.05, 0.1) is 5.56 Å². The summed E-state index contributed by atoms with van der Waals surface area (Å²) in [6.07, 6.45) is -2.39. The van der Waals surface area contributed by atoms with Crippen LogP contribution in [0.15, 0.2) is 18.3 Å². The molecular formula is C12H16ClF3N2. The monoisotopic (exact) mass is 280 g/mol. The second-order valence-electron chi connectivity index (χ2n) is 4.52. The van der Waals surface area contributed by atoms with Gasteiger partial charge in [-0.2, -0.15) is 13.2 Å². The lowest BCUT2D eigenvalue weighted by molar-refractivity contribution is -0.137. The van der Waals surface area contributed by atoms with Crippen LogP contribution in [0, 0.1) is 5.92 Å². The molecule has 1 atom stereocenters. The molecule has 0 amide bonds. The Labute approximate surface area is 110 Å². The van der Waals surface area contributed by atoms with E-state index < -0.39 is 11.7 Å². The Bertz CT molecular complexity index is 380. The van der Waals surface area contributed by atoms with Gasteiger partial charge < -0.3 is 5.32 Å². The minimum Gasteiger partial charge on any atom is -0.366 e. The highest BCUT2D eigenvalue weighted by Gasteiger charge is 2.34. The summed E-state index contributed by atoms with van der Waals surface area (Å²) in [6.45, 7) is 3.98. The maximum Gasteiger partial charge on any atom is 0.419 e. The van der Waals surface area contributed by atoms with Crippen molar-refractivity contribution in [3.8, 4) is 0 Å². The van der Waals surface area contributed by atoms with Gasteiger partial charge in [-0.05, 0) is 24.5 Å². The maximum atomic E-state index is 12.8. The first-order chi connectivity index (χ1) is 8.34. The highest BCUT2D eigenvalue weighted by Crippen LogP contribution is 2.33. The van der Waals surface area contributed by atoms with E-state index in [2.05, 4.69) is 10.3 Å². The topological polar surface area (TPSA) is 24.9 Å². The molecule has 0 saturated carbocycles. The summed E-state index contributed by atoms with van der Waals surface area (Å²) in [7, 11) is 0. The summed E-state index contributed by atoms with van der Waals surface area (Å²) >= 11 is 5.76. The summed E-state index contributed by atoms with van der Waals surface area (Å²) in [5.41, 5.74) is -0.760. The third kappa shape index (κ3) is 4.37. The molecule has 0 aliphatic heterocycles. The second kappa shape index (κ2) is 6.27. The van der Waals surface area contributed by atoms with Gasteiger partial charge >= 0.3 is 6.18 Å². The van der Waals surface area contributed by atoms with Crippen LogP contribution in [0.5, 0.6) is 0 Å². The van der Waals surface area contributed by atoms with Gasteiger partial charge in [-0.1, -0.05) is 13.8 Å². The molecule has 1 unspecified atom stereocenters. The molecule has 1 N–H and O–H groups in total. The van der Waals surface area contributed by atoms with Gasteiger partial charge in [-0.3, -0.25) is 0 Å². The molecule has 0 aromatic carbocycles. The van der Waals surface area contributed by atoms with Crippen molar-refractivity contribution in [2.75, 3.05) is 11.2 Å². The fourth-order valence-corrected chi connectivity index (χ4v) is 1.88. The predicted molar refractivity (Wildman–Crippen MR) is 66.8 cm³/mol. The van der Waals surface area contributed by atoms with Gasteiger partial charge in [-0.15, -0.1) is 11.6 Å². The average molecular weight is 281 g/mol. The molecule has 0 aliphatic rings. The van der Waals surface area contributed by atoms with Crippen molar-refractivity contribution in [3.63, 3.8) is 0 Å². The first kappa shape index (κ1) is 15.1. The van der Waals surface area contributed by atoms with Crippen LogP contribution in [-0.2, 0) is 6.18 Å². The van der Waals surface area contributed by atoms with Crippen LogP contribution in [0.2, 0.25) is 0 Å². The Kier molecular flexibility index (Phi) is 5.26. The van der Waals surface area contributed by atoms with Gasteiger partial charge in [0, 0.05) is 18.1 Å². The summed E-state index contributed by atoms with van der Waals surface area (Å²) in [5.74, 6) is 0.432. The average Bonchev–Trinajstić information content (AvgIpc) is 2.26. The molecule has 0 aliphatic carbocycles. The van der Waals surface area contributed by atoms with Gasteiger partial charge in [0.15, 0.2) is 0 Å². The van der Waals surface area contributed by atoms with Crippen LogP contribution in [0.4, 0.5) is 19.0 Å². The number of hydrogen-bond acceptors (Lipinski definition) is 2. The third-order valence-electron chi connectivity index (χ3n) is 2.40. The molecule has 1 heterocycles. The minimum atomic E-state index is -4.41. The number of halogens is 4. The molecule has 0 saturated heterocycles. The van der Waals surface area contributed by atoms with E-state index in [4.69, 9.17) is 11.6 Å². The number of anilines is 1. The standard InChI is InChI=1S/C12H16ClF3N2/c1-8(2)6-9(7-13)18-11-10(12(14,15)16)4-3-5-17-11/h3-5,8-9H,6-7H2,1-2H3,(H,17,18). The molecule has 0 fully saturated rings. The Hall–Kier alpha value is -0.970. The van der Waals surface area contributed by atoms with E-state index in [0.717, 1.165) is 6.07 Å². The maximum absolute atomic E-state index is 12.8. The van der Waals surface area contributed by atoms with Crippen molar-refractivity contribution in [1.29, 1.82) is 0 Å². The van der Waals surface area contributed by atoms with Crippen LogP contribution < -0.4 is 5.32 Å². The smallest absolute Gasteiger partial charge is 0.366 e. The molecule has 0 bridgehead atoms. The lowest BCUT2D eigenvalue weighted by Crippen LogP contribution is -2.25. The zero-order valence-electron chi connectivity index (χ0n) is 10.3. The largest absolute Gasteiger partial charge is 0.419 e. The van der Waals surface area contributed by atoms with E-state index in [1.54, 1.807) is 0 Å². The van der Waals surface area contributed by atoms with Gasteiger partial charge in [0.1, 0.15) is 5.82 Å². The van der Waals surface area contributed by atoms with Crippen LogP contribution in [-0.4, -0.2) is 16.9 Å². The number of rotatable bonds is 5. The molecule has 0 spiro atoms. The first-order valence-corrected chi connectivity index (χ1v) is 6.22. The highest BCUT2D eigenvalue weighted by atomic mass is 35.5. The van der Waals surface area contributed by atoms with E-state index >= 15 is 0 Å². The van der Waals surface area contributed by atoms with Crippen molar-refractivity contribution in [3.05, 3.63) is 23.9 Å². The molecule has 102 valence electrons. The molecule has 2 nitrogen and oxygen atoms in total. The van der Waals surface area contributed by atoms with Crippen LogP contribution >= 0.6 is 11.6 Å². The number of nitrogens with one attached hydrogen (secondary N) is 1. The Morgan fingerprint density at radius 2 is 2.06 bits per heavy atom. The number of nitrogens with zero attached hydrogens (tertiary/aromatic N) is 1. The molecule has 1 rings (SSSR count). The summed E-state index contributed by atoms with van der Waals surface area (Å²) in [5, 5.41) is 2.77. The summed E-state index contributed by atoms with van der Waals surface area (Å²) < 4.78 is 38.3. The lowest BCUT2D eigenvalue weighted by atomic mass is 10.0. The summed E-state index contributed by atoms with van der Waals surface area (Å²) in [6, 6.07) is 2.06. The molecular weight excluding hydrogens is 265 g/mol. The number of pyridine rings is 1. The lowest BCUT2D eigenvalue weighted by Gasteiger charge is -2.21. The minimum absolute atomic E-state index is 0.156. The van der Waals surface area contributed by atoms with E-state index in [9.17, 15) is 13.2 Å². The molecule has 0 radical (unpaired) electrons. The number of alkyl halides is 4. The third-order valence-corrected chi connectivity index (χ3v) is 2.77. The van der Waals surface area contributed by atoms with Gasteiger partial charge in [-0.25, -0.2) is 4.98 Å². The number of hydrogen-bond donors (Lipinski definition) is 1. The van der Waals surface area contributed by atoms with E-state index in [-0.39, 0.29) is 17.7 Å². The molecule has 18 heavy (non-hydrogen) atoms. The van der Waals surface area contributed by atoms with Gasteiger partial charge in [0.25, 0.3) is 0 Å². The van der Waals surface area contributed by atoms with E-state index in [1.165, 1.54) is 12.3 Å². The predicted octanol–water partition coefficient (Wildman–Crippen LogP) is 4.17. The fourth-order valence-electron chi connectivity index (χ4n) is 1.67. The normalized spacial score (nSPS) is 13.7. The van der Waals surface area contributed by atoms with Gasteiger partial charge in [0.2, 0.25) is 0 Å². The number of aromatic nitrogens is 1. The van der Waals surface area contributed by atoms with Crippen LogP contribution in [0.1, 0.15) is 25.8 Å². The van der Waals surface area contributed by atoms with Crippen molar-refractivity contribution < 1.29 is 13.2 Å². The van der Waals surface area contributed by atoms with Crippen molar-refractivity contribution in [2.45, 2.75) is 32.5 Å². The summed E-state index contributed by atoms with van der Waals surface area (Å²) in [4.78, 5) is 3.75. The molecule has 1 aromatic rings. The second-order valence-corrected chi connectivity index (χ2v) is 4.83. The van der Waals surface area contributed by atoms with E-state index in [0.29, 0.717) is 12.3 Å². The van der Waals surface area contributed by atoms with Crippen molar-refractivity contribution >= 4 is 17.4 Å².